The number of rotatable bonds is 0. The summed E-state index contributed by atoms with van der Waals surface area (Å²) in [4.78, 5) is 0. The van der Waals surface area contributed by atoms with Gasteiger partial charge in [0, 0.05) is 10.8 Å². The molecular weight excluding hydrogens is 784 g/mol. The van der Waals surface area contributed by atoms with Crippen molar-refractivity contribution in [2.45, 2.75) is 0 Å². The fourth-order valence-corrected chi connectivity index (χ4v) is 5.84. The zero-order valence-electron chi connectivity index (χ0n) is 14.5. The van der Waals surface area contributed by atoms with Crippen LogP contribution < -0.4 is 0 Å². The van der Waals surface area contributed by atoms with Crippen LogP contribution in [0.2, 0.25) is 0 Å². The van der Waals surface area contributed by atoms with E-state index in [1.807, 2.05) is 0 Å². The van der Waals surface area contributed by atoms with Gasteiger partial charge in [0.05, 0.1) is 26.8 Å². The molecule has 0 unspecified atom stereocenters. The van der Waals surface area contributed by atoms with Crippen molar-refractivity contribution in [3.05, 3.63) is 63.2 Å². The van der Waals surface area contributed by atoms with Crippen molar-refractivity contribution >= 4 is 117 Å². The summed E-state index contributed by atoms with van der Waals surface area (Å²) < 4.78 is 3.53. The molecule has 0 fully saturated rings. The van der Waals surface area contributed by atoms with Crippen molar-refractivity contribution < 1.29 is 20.4 Å². The highest BCUT2D eigenvalue weighted by Gasteiger charge is 2.15. The zero-order valence-corrected chi connectivity index (χ0v) is 24.0. The fourth-order valence-electron chi connectivity index (χ4n) is 2.64. The predicted octanol–water partition coefficient (Wildman–Crippen LogP) is 9.08. The molecule has 4 nitrogen and oxygen atoms in total. The van der Waals surface area contributed by atoms with Gasteiger partial charge in [0.1, 0.15) is 23.0 Å². The first-order valence-electron chi connectivity index (χ1n) is 7.99. The van der Waals surface area contributed by atoms with E-state index in [1.54, 1.807) is 36.4 Å². The molecule has 30 heavy (non-hydrogen) atoms. The Labute approximate surface area is 221 Å². The lowest BCUT2D eigenvalue weighted by Crippen LogP contribution is -1.82. The zero-order chi connectivity index (χ0) is 22.3. The minimum Gasteiger partial charge on any atom is -0.507 e. The van der Waals surface area contributed by atoms with Crippen LogP contribution in [0.25, 0.3) is 21.5 Å². The first kappa shape index (κ1) is 24.1. The summed E-state index contributed by atoms with van der Waals surface area (Å²) in [6.07, 6.45) is 0. The van der Waals surface area contributed by atoms with Crippen LogP contribution in [-0.2, 0) is 0 Å². The largest absolute Gasteiger partial charge is 0.507 e. The van der Waals surface area contributed by atoms with Crippen LogP contribution >= 0.6 is 95.6 Å². The van der Waals surface area contributed by atoms with Crippen molar-refractivity contribution in [3.63, 3.8) is 0 Å². The Kier molecular flexibility index (Phi) is 7.67. The average Bonchev–Trinajstić information content (AvgIpc) is 2.69. The standard InChI is InChI=1S/C10H4Br4O2.C10H6Br2O2/c11-5-1-3-4(8(14)9(5)15)2-6(12)10(16)7(3)13;11-7-1-5-3-10(14)8(12)2-6(5)4-9(7)13/h1-2,15-16H;1-4,13-14H. The Hall–Kier alpha value is -0.520. The average molecular weight is 794 g/mol. The highest BCUT2D eigenvalue weighted by Crippen LogP contribution is 2.46. The van der Waals surface area contributed by atoms with Crippen molar-refractivity contribution in [1.29, 1.82) is 0 Å². The summed E-state index contributed by atoms with van der Waals surface area (Å²) in [5, 5.41) is 41.8. The van der Waals surface area contributed by atoms with Gasteiger partial charge in [-0.15, -0.1) is 0 Å². The lowest BCUT2D eigenvalue weighted by molar-refractivity contribution is 0.467. The lowest BCUT2D eigenvalue weighted by atomic mass is 10.1. The molecule has 0 aromatic heterocycles. The second kappa shape index (κ2) is 9.54. The quantitative estimate of drug-likeness (QED) is 0.143. The third-order valence-electron chi connectivity index (χ3n) is 4.15. The maximum Gasteiger partial charge on any atom is 0.144 e. The summed E-state index contributed by atoms with van der Waals surface area (Å²) in [6, 6.07) is 10.3. The van der Waals surface area contributed by atoms with Gasteiger partial charge in [-0.25, -0.2) is 0 Å². The maximum absolute atomic E-state index is 9.77. The Morgan fingerprint density at radius 3 is 1.10 bits per heavy atom. The lowest BCUT2D eigenvalue weighted by Gasteiger charge is -2.10. The molecule has 4 aromatic carbocycles. The number of fused-ring (bicyclic) bond motifs is 2. The van der Waals surface area contributed by atoms with E-state index in [0.29, 0.717) is 26.8 Å². The van der Waals surface area contributed by atoms with E-state index in [9.17, 15) is 20.4 Å². The molecule has 0 bridgehead atoms. The van der Waals surface area contributed by atoms with Crippen LogP contribution in [-0.4, -0.2) is 20.4 Å². The summed E-state index contributed by atoms with van der Waals surface area (Å²) >= 11 is 19.6. The predicted molar refractivity (Wildman–Crippen MR) is 141 cm³/mol. The number of halogens is 6. The van der Waals surface area contributed by atoms with Gasteiger partial charge in [-0.1, -0.05) is 0 Å². The summed E-state index contributed by atoms with van der Waals surface area (Å²) in [5.74, 6) is 0.652. The Morgan fingerprint density at radius 1 is 0.433 bits per heavy atom. The normalized spacial score (nSPS) is 10.9. The number of benzene rings is 4. The van der Waals surface area contributed by atoms with Gasteiger partial charge >= 0.3 is 0 Å². The Balaban J connectivity index is 0.000000172. The van der Waals surface area contributed by atoms with Gasteiger partial charge in [0.2, 0.25) is 0 Å². The minimum absolute atomic E-state index is 0.136. The van der Waals surface area contributed by atoms with Crippen molar-refractivity contribution in [3.8, 4) is 23.0 Å². The number of aromatic hydroxyl groups is 4. The third-order valence-corrected chi connectivity index (χ3v) is 8.23. The molecule has 0 radical (unpaired) electrons. The molecule has 0 amide bonds. The Morgan fingerprint density at radius 2 is 0.767 bits per heavy atom. The van der Waals surface area contributed by atoms with Crippen LogP contribution in [0.15, 0.2) is 63.2 Å². The van der Waals surface area contributed by atoms with Crippen molar-refractivity contribution in [2.75, 3.05) is 0 Å². The monoisotopic (exact) mass is 788 g/mol. The number of phenolic OH excluding ortho intramolecular Hbond substituents is 4. The molecule has 0 spiro atoms. The smallest absolute Gasteiger partial charge is 0.144 e. The van der Waals surface area contributed by atoms with Crippen molar-refractivity contribution in [2.24, 2.45) is 0 Å². The molecule has 156 valence electrons. The highest BCUT2D eigenvalue weighted by molar-refractivity contribution is 9.12. The molecule has 4 N–H and O–H groups in total. The molecule has 0 saturated carbocycles. The molecule has 0 atom stereocenters. The molecule has 0 aliphatic rings. The summed E-state index contributed by atoms with van der Waals surface area (Å²) in [7, 11) is 0. The van der Waals surface area contributed by atoms with Crippen LogP contribution in [0.4, 0.5) is 0 Å². The van der Waals surface area contributed by atoms with Crippen molar-refractivity contribution in [1.82, 2.24) is 0 Å². The molecule has 4 aromatic rings. The van der Waals surface area contributed by atoms with Gasteiger partial charge < -0.3 is 20.4 Å². The fraction of sp³-hybridized carbons (Fsp3) is 0. The van der Waals surface area contributed by atoms with Crippen LogP contribution in [0.5, 0.6) is 23.0 Å². The third kappa shape index (κ3) is 4.78. The summed E-state index contributed by atoms with van der Waals surface area (Å²) in [6.45, 7) is 0. The van der Waals surface area contributed by atoms with Gasteiger partial charge in [-0.05, 0) is 143 Å². The van der Waals surface area contributed by atoms with E-state index in [-0.39, 0.29) is 23.0 Å². The topological polar surface area (TPSA) is 80.9 Å². The number of phenols is 4. The molecule has 4 rings (SSSR count). The molecule has 0 aliphatic heterocycles. The van der Waals surface area contributed by atoms with Gasteiger partial charge in [-0.3, -0.25) is 0 Å². The van der Waals surface area contributed by atoms with Gasteiger partial charge in [-0.2, -0.15) is 0 Å². The van der Waals surface area contributed by atoms with E-state index in [2.05, 4.69) is 95.6 Å². The minimum atomic E-state index is 0.136. The van der Waals surface area contributed by atoms with E-state index >= 15 is 0 Å². The Bertz CT molecular complexity index is 1160. The SMILES string of the molecule is Oc1c(Br)cc2c(Br)c(O)c(Br)cc2c1Br.Oc1cc2cc(Br)c(O)cc2cc1Br. The molecule has 0 heterocycles. The highest BCUT2D eigenvalue weighted by atomic mass is 79.9. The van der Waals surface area contributed by atoms with E-state index < -0.39 is 0 Å². The maximum atomic E-state index is 9.77. The van der Waals surface area contributed by atoms with Crippen LogP contribution in [0, 0.1) is 0 Å². The number of hydrogen-bond donors (Lipinski definition) is 4. The molecular formula is C20H10Br6O4. The van der Waals surface area contributed by atoms with Crippen LogP contribution in [0.3, 0.4) is 0 Å². The molecule has 0 aliphatic carbocycles. The second-order valence-corrected chi connectivity index (χ2v) is 11.1. The van der Waals surface area contributed by atoms with E-state index in [0.717, 1.165) is 21.5 Å². The second-order valence-electron chi connectivity index (χ2n) is 6.09. The van der Waals surface area contributed by atoms with E-state index in [4.69, 9.17) is 0 Å². The molecule has 0 saturated heterocycles. The summed E-state index contributed by atoms with van der Waals surface area (Å²) in [5.41, 5.74) is 0. The van der Waals surface area contributed by atoms with E-state index in [1.165, 1.54) is 0 Å². The van der Waals surface area contributed by atoms with Gasteiger partial charge in [0.15, 0.2) is 0 Å². The van der Waals surface area contributed by atoms with Gasteiger partial charge in [0.25, 0.3) is 0 Å². The van der Waals surface area contributed by atoms with Crippen LogP contribution in [0.1, 0.15) is 0 Å². The first-order chi connectivity index (χ1) is 14.0. The molecule has 10 heteroatoms. The number of hydrogen-bond acceptors (Lipinski definition) is 4. The first-order valence-corrected chi connectivity index (χ1v) is 12.8.